The highest BCUT2D eigenvalue weighted by molar-refractivity contribution is 6.74. The van der Waals surface area contributed by atoms with Gasteiger partial charge in [0.25, 0.3) is 0 Å². The summed E-state index contributed by atoms with van der Waals surface area (Å²) in [5.74, 6) is 1.24. The maximum Gasteiger partial charge on any atom is 0.191 e. The van der Waals surface area contributed by atoms with Crippen molar-refractivity contribution in [3.05, 3.63) is 0 Å². The van der Waals surface area contributed by atoms with Crippen LogP contribution in [0.1, 0.15) is 53.4 Å². The zero-order valence-electron chi connectivity index (χ0n) is 13.1. The van der Waals surface area contributed by atoms with Crippen LogP contribution in [0.15, 0.2) is 0 Å². The third kappa shape index (κ3) is 4.36. The van der Waals surface area contributed by atoms with Gasteiger partial charge >= 0.3 is 0 Å². The van der Waals surface area contributed by atoms with Crippen molar-refractivity contribution >= 4 is 8.32 Å². The van der Waals surface area contributed by atoms with E-state index in [2.05, 4.69) is 33.9 Å². The molecule has 0 saturated heterocycles. The minimum absolute atomic E-state index is 0.132. The molecule has 1 atom stereocenters. The molecule has 0 aromatic rings. The summed E-state index contributed by atoms with van der Waals surface area (Å²) in [4.78, 5) is 0. The molecule has 1 rings (SSSR count). The lowest BCUT2D eigenvalue weighted by atomic mass is 9.80. The van der Waals surface area contributed by atoms with Gasteiger partial charge in [-0.1, -0.05) is 20.8 Å². The Hall–Kier alpha value is 0.137. The molecular formula is C15H32O2Si. The largest absolute Gasteiger partial charge is 0.417 e. The van der Waals surface area contributed by atoms with Gasteiger partial charge in [0.15, 0.2) is 8.32 Å². The molecule has 1 saturated carbocycles. The fourth-order valence-electron chi connectivity index (χ4n) is 2.38. The zero-order valence-corrected chi connectivity index (χ0v) is 14.1. The molecule has 1 fully saturated rings. The molecule has 0 aromatic carbocycles. The lowest BCUT2D eigenvalue weighted by Gasteiger charge is -2.38. The molecule has 0 bridgehead atoms. The standard InChI is InChI=1S/C15H32O2Si/c1-12(16)14-9-7-13(8-10-14)11-17-18(5,6)15(2,3)4/h12-14,16H,7-11H2,1-6H3. The lowest BCUT2D eigenvalue weighted by Crippen LogP contribution is -2.42. The van der Waals surface area contributed by atoms with Gasteiger partial charge in [-0.05, 0) is 62.6 Å². The van der Waals surface area contributed by atoms with Crippen molar-refractivity contribution in [3.8, 4) is 0 Å². The molecule has 0 radical (unpaired) electrons. The van der Waals surface area contributed by atoms with E-state index in [0.29, 0.717) is 16.9 Å². The fraction of sp³-hybridized carbons (Fsp3) is 1.00. The van der Waals surface area contributed by atoms with Gasteiger partial charge < -0.3 is 9.53 Å². The van der Waals surface area contributed by atoms with Crippen molar-refractivity contribution < 1.29 is 9.53 Å². The Bertz CT molecular complexity index is 248. The first kappa shape index (κ1) is 16.2. The van der Waals surface area contributed by atoms with Crippen LogP contribution in [0.4, 0.5) is 0 Å². The summed E-state index contributed by atoms with van der Waals surface area (Å²) in [5.41, 5.74) is 0. The van der Waals surface area contributed by atoms with Gasteiger partial charge in [-0.3, -0.25) is 0 Å². The molecule has 0 aliphatic heterocycles. The molecule has 1 aliphatic carbocycles. The zero-order chi connectivity index (χ0) is 14.0. The predicted molar refractivity (Wildman–Crippen MR) is 80.3 cm³/mol. The highest BCUT2D eigenvalue weighted by Gasteiger charge is 2.37. The second-order valence-corrected chi connectivity index (χ2v) is 12.4. The highest BCUT2D eigenvalue weighted by atomic mass is 28.4. The van der Waals surface area contributed by atoms with Crippen LogP contribution in [-0.4, -0.2) is 26.1 Å². The van der Waals surface area contributed by atoms with E-state index in [-0.39, 0.29) is 6.10 Å². The molecule has 0 heterocycles. The smallest absolute Gasteiger partial charge is 0.191 e. The Morgan fingerprint density at radius 1 is 1.17 bits per heavy atom. The summed E-state index contributed by atoms with van der Waals surface area (Å²) in [6.45, 7) is 14.4. The van der Waals surface area contributed by atoms with E-state index < -0.39 is 8.32 Å². The van der Waals surface area contributed by atoms with Crippen molar-refractivity contribution in [2.45, 2.75) is 77.6 Å². The summed E-state index contributed by atoms with van der Waals surface area (Å²) in [5, 5.41) is 9.91. The molecular weight excluding hydrogens is 240 g/mol. The lowest BCUT2D eigenvalue weighted by molar-refractivity contribution is 0.0768. The summed E-state index contributed by atoms with van der Waals surface area (Å²) in [7, 11) is -1.58. The third-order valence-corrected chi connectivity index (χ3v) is 9.56. The van der Waals surface area contributed by atoms with Gasteiger partial charge in [0.1, 0.15) is 0 Å². The summed E-state index contributed by atoms with van der Waals surface area (Å²) in [6, 6.07) is 0. The van der Waals surface area contributed by atoms with Crippen LogP contribution < -0.4 is 0 Å². The molecule has 1 N–H and O–H groups in total. The average molecular weight is 273 g/mol. The van der Waals surface area contributed by atoms with Crippen molar-refractivity contribution in [1.29, 1.82) is 0 Å². The molecule has 3 heteroatoms. The second-order valence-electron chi connectivity index (χ2n) is 7.59. The van der Waals surface area contributed by atoms with Crippen molar-refractivity contribution in [2.24, 2.45) is 11.8 Å². The monoisotopic (exact) mass is 272 g/mol. The van der Waals surface area contributed by atoms with Crippen LogP contribution in [0.2, 0.25) is 18.1 Å². The molecule has 0 spiro atoms. The first-order valence-electron chi connectivity index (χ1n) is 7.45. The van der Waals surface area contributed by atoms with Gasteiger partial charge in [-0.2, -0.15) is 0 Å². The normalized spacial score (nSPS) is 28.2. The molecule has 1 unspecified atom stereocenters. The number of hydrogen-bond donors (Lipinski definition) is 1. The second kappa shape index (κ2) is 6.06. The maximum absolute atomic E-state index is 9.60. The molecule has 18 heavy (non-hydrogen) atoms. The number of aliphatic hydroxyl groups excluding tert-OH is 1. The van der Waals surface area contributed by atoms with Crippen molar-refractivity contribution in [1.82, 2.24) is 0 Å². The van der Waals surface area contributed by atoms with E-state index in [1.165, 1.54) is 25.7 Å². The Balaban J connectivity index is 2.34. The number of hydrogen-bond acceptors (Lipinski definition) is 2. The Morgan fingerprint density at radius 2 is 1.67 bits per heavy atom. The first-order valence-corrected chi connectivity index (χ1v) is 10.4. The summed E-state index contributed by atoms with van der Waals surface area (Å²) in [6.07, 6.45) is 4.66. The first-order chi connectivity index (χ1) is 8.13. The van der Waals surface area contributed by atoms with Gasteiger partial charge in [0.2, 0.25) is 0 Å². The Morgan fingerprint density at radius 3 is 2.06 bits per heavy atom. The number of aliphatic hydroxyl groups is 1. The fourth-order valence-corrected chi connectivity index (χ4v) is 3.47. The molecule has 0 amide bonds. The molecule has 2 nitrogen and oxygen atoms in total. The average Bonchev–Trinajstić information content (AvgIpc) is 2.25. The maximum atomic E-state index is 9.60. The summed E-state index contributed by atoms with van der Waals surface area (Å²) < 4.78 is 6.31. The van der Waals surface area contributed by atoms with Crippen molar-refractivity contribution in [2.75, 3.05) is 6.61 Å². The van der Waals surface area contributed by atoms with E-state index in [0.717, 1.165) is 6.61 Å². The van der Waals surface area contributed by atoms with Crippen molar-refractivity contribution in [3.63, 3.8) is 0 Å². The predicted octanol–water partition coefficient (Wildman–Crippen LogP) is 4.20. The topological polar surface area (TPSA) is 29.5 Å². The van der Waals surface area contributed by atoms with E-state index >= 15 is 0 Å². The third-order valence-electron chi connectivity index (χ3n) is 5.06. The Labute approximate surface area is 114 Å². The van der Waals surface area contributed by atoms with E-state index in [1.807, 2.05) is 6.92 Å². The van der Waals surface area contributed by atoms with Crippen LogP contribution in [0.3, 0.4) is 0 Å². The molecule has 0 aromatic heterocycles. The minimum Gasteiger partial charge on any atom is -0.417 e. The van der Waals surface area contributed by atoms with Gasteiger partial charge in [0.05, 0.1) is 6.10 Å². The van der Waals surface area contributed by atoms with E-state index in [4.69, 9.17) is 4.43 Å². The number of rotatable bonds is 4. The Kier molecular flexibility index (Phi) is 5.45. The SMILES string of the molecule is CC(O)C1CCC(CO[Si](C)(C)C(C)(C)C)CC1. The van der Waals surface area contributed by atoms with Crippen LogP contribution in [0, 0.1) is 11.8 Å². The van der Waals surface area contributed by atoms with Crippen LogP contribution in [0.25, 0.3) is 0 Å². The highest BCUT2D eigenvalue weighted by Crippen LogP contribution is 2.38. The van der Waals surface area contributed by atoms with Crippen LogP contribution in [0.5, 0.6) is 0 Å². The molecule has 1 aliphatic rings. The summed E-state index contributed by atoms with van der Waals surface area (Å²) >= 11 is 0. The minimum atomic E-state index is -1.58. The molecule has 108 valence electrons. The van der Waals surface area contributed by atoms with Crippen LogP contribution >= 0.6 is 0 Å². The van der Waals surface area contributed by atoms with Gasteiger partial charge in [0, 0.05) is 6.61 Å². The van der Waals surface area contributed by atoms with Gasteiger partial charge in [-0.25, -0.2) is 0 Å². The van der Waals surface area contributed by atoms with E-state index in [9.17, 15) is 5.11 Å². The van der Waals surface area contributed by atoms with Crippen LogP contribution in [-0.2, 0) is 4.43 Å². The van der Waals surface area contributed by atoms with Gasteiger partial charge in [-0.15, -0.1) is 0 Å². The van der Waals surface area contributed by atoms with E-state index in [1.54, 1.807) is 0 Å². The quantitative estimate of drug-likeness (QED) is 0.777.